The number of carboxylic acid groups (broad SMARTS) is 1. The Morgan fingerprint density at radius 1 is 1.24 bits per heavy atom. The fourth-order valence-electron chi connectivity index (χ4n) is 3.04. The molecule has 0 spiro atoms. The summed E-state index contributed by atoms with van der Waals surface area (Å²) < 4.78 is 0. The van der Waals surface area contributed by atoms with E-state index in [1.807, 2.05) is 24.3 Å². The van der Waals surface area contributed by atoms with Gasteiger partial charge in [-0.3, -0.25) is 9.78 Å². The van der Waals surface area contributed by atoms with Crippen LogP contribution in [0.5, 0.6) is 0 Å². The predicted molar refractivity (Wildman–Crippen MR) is 90.1 cm³/mol. The molecule has 0 bridgehead atoms. The number of anilines is 1. The number of rotatable bonds is 4. The highest BCUT2D eigenvalue weighted by molar-refractivity contribution is 6.30. The van der Waals surface area contributed by atoms with Crippen molar-refractivity contribution in [2.24, 2.45) is 0 Å². The molecule has 0 unspecified atom stereocenters. The molecule has 0 amide bonds. The molecule has 9 heteroatoms. The Morgan fingerprint density at radius 3 is 2.60 bits per heavy atom. The van der Waals surface area contributed by atoms with Gasteiger partial charge < -0.3 is 24.7 Å². The molecule has 1 saturated heterocycles. The Hall–Kier alpha value is -2.58. The molecule has 1 aliphatic heterocycles. The maximum atomic E-state index is 12.0. The Kier molecular flexibility index (Phi) is 4.91. The van der Waals surface area contributed by atoms with Crippen molar-refractivity contribution >= 4 is 23.3 Å². The van der Waals surface area contributed by atoms with Gasteiger partial charge >= 0.3 is 5.69 Å². The normalized spacial score (nSPS) is 15.3. The molecule has 8 nitrogen and oxygen atoms in total. The fraction of sp³-hybridized carbons (Fsp3) is 0.312. The van der Waals surface area contributed by atoms with Crippen molar-refractivity contribution in [2.75, 3.05) is 31.1 Å². The van der Waals surface area contributed by atoms with Crippen LogP contribution in [-0.4, -0.2) is 42.1 Å². The first-order chi connectivity index (χ1) is 11.9. The number of quaternary nitrogens is 1. The van der Waals surface area contributed by atoms with Gasteiger partial charge in [-0.25, -0.2) is 4.79 Å². The van der Waals surface area contributed by atoms with Crippen molar-refractivity contribution in [2.45, 2.75) is 6.54 Å². The number of hydrogen-bond donors (Lipinski definition) is 3. The highest BCUT2D eigenvalue weighted by Gasteiger charge is 2.23. The van der Waals surface area contributed by atoms with E-state index >= 15 is 0 Å². The molecular formula is C16H17ClN4O4. The number of aromatic carboxylic acids is 1. The fourth-order valence-corrected chi connectivity index (χ4v) is 3.22. The number of piperazine rings is 1. The molecule has 1 aromatic carbocycles. The second-order valence-corrected chi connectivity index (χ2v) is 6.38. The van der Waals surface area contributed by atoms with Gasteiger partial charge in [-0.1, -0.05) is 17.7 Å². The van der Waals surface area contributed by atoms with E-state index in [0.717, 1.165) is 36.8 Å². The maximum Gasteiger partial charge on any atom is 0.326 e. The zero-order valence-electron chi connectivity index (χ0n) is 13.3. The second-order valence-electron chi connectivity index (χ2n) is 5.94. The number of halogens is 1. The summed E-state index contributed by atoms with van der Waals surface area (Å²) in [4.78, 5) is 41.8. The van der Waals surface area contributed by atoms with Gasteiger partial charge in [0, 0.05) is 10.7 Å². The number of benzene rings is 1. The first kappa shape index (κ1) is 17.2. The number of aromatic nitrogens is 2. The monoisotopic (exact) mass is 364 g/mol. The Morgan fingerprint density at radius 2 is 1.96 bits per heavy atom. The summed E-state index contributed by atoms with van der Waals surface area (Å²) in [6.07, 6.45) is 0. The largest absolute Gasteiger partial charge is 0.543 e. The van der Waals surface area contributed by atoms with E-state index in [0.29, 0.717) is 5.02 Å². The zero-order valence-corrected chi connectivity index (χ0v) is 14.1. The average Bonchev–Trinajstić information content (AvgIpc) is 2.57. The lowest BCUT2D eigenvalue weighted by atomic mass is 10.2. The molecule has 0 radical (unpaired) electrons. The van der Waals surface area contributed by atoms with Crippen LogP contribution in [0.25, 0.3) is 0 Å². The highest BCUT2D eigenvalue weighted by Crippen LogP contribution is 2.19. The molecule has 3 N–H and O–H groups in total. The van der Waals surface area contributed by atoms with E-state index < -0.39 is 22.9 Å². The highest BCUT2D eigenvalue weighted by atomic mass is 35.5. The van der Waals surface area contributed by atoms with Gasteiger partial charge in [0.05, 0.1) is 43.4 Å². The van der Waals surface area contributed by atoms with Gasteiger partial charge in [0.15, 0.2) is 0 Å². The van der Waals surface area contributed by atoms with Crippen LogP contribution < -0.4 is 26.2 Å². The Balaban J connectivity index is 1.72. The first-order valence-corrected chi connectivity index (χ1v) is 8.23. The minimum atomic E-state index is -1.56. The lowest BCUT2D eigenvalue weighted by molar-refractivity contribution is -0.914. The van der Waals surface area contributed by atoms with E-state index in [1.165, 1.54) is 0 Å². The van der Waals surface area contributed by atoms with Crippen molar-refractivity contribution < 1.29 is 14.8 Å². The van der Waals surface area contributed by atoms with Crippen LogP contribution in [0.15, 0.2) is 33.9 Å². The Bertz CT molecular complexity index is 899. The number of carboxylic acids is 1. The topological polar surface area (TPSA) is 114 Å². The van der Waals surface area contributed by atoms with Crippen LogP contribution in [0.2, 0.25) is 5.02 Å². The van der Waals surface area contributed by atoms with Crippen LogP contribution in [0, 0.1) is 0 Å². The third-order valence-electron chi connectivity index (χ3n) is 4.32. The summed E-state index contributed by atoms with van der Waals surface area (Å²) in [6.45, 7) is 3.14. The molecule has 25 heavy (non-hydrogen) atoms. The predicted octanol–water partition coefficient (Wildman–Crippen LogP) is -2.01. The molecule has 0 saturated carbocycles. The average molecular weight is 365 g/mol. The van der Waals surface area contributed by atoms with E-state index in [9.17, 15) is 19.5 Å². The number of aromatic amines is 2. The van der Waals surface area contributed by atoms with Crippen molar-refractivity contribution in [3.05, 3.63) is 61.4 Å². The van der Waals surface area contributed by atoms with Crippen LogP contribution in [0.1, 0.15) is 16.1 Å². The number of hydrogen-bond acceptors (Lipinski definition) is 5. The first-order valence-electron chi connectivity index (χ1n) is 7.85. The molecule has 132 valence electrons. The summed E-state index contributed by atoms with van der Waals surface area (Å²) in [7, 11) is 0. The molecule has 3 rings (SSSR count). The number of nitrogens with zero attached hydrogens (tertiary/aromatic N) is 1. The molecular weight excluding hydrogens is 348 g/mol. The molecule has 0 aliphatic carbocycles. The minimum Gasteiger partial charge on any atom is -0.543 e. The second kappa shape index (κ2) is 7.12. The van der Waals surface area contributed by atoms with Crippen LogP contribution in [0.3, 0.4) is 0 Å². The standard InChI is InChI=1S/C16H17ClN4O4/c17-10-2-1-3-11(8-10)21-6-4-20(5-7-21)9-12-13(15(23)24)18-16(25)19-14(12)22/h1-3,8H,4-7,9H2,(H,23,24)(H2,18,19,22,25). The molecule has 2 aromatic rings. The van der Waals surface area contributed by atoms with E-state index in [-0.39, 0.29) is 12.1 Å². The molecule has 1 fully saturated rings. The molecule has 2 heterocycles. The van der Waals surface area contributed by atoms with E-state index in [2.05, 4.69) is 14.9 Å². The van der Waals surface area contributed by atoms with Crippen LogP contribution in [-0.2, 0) is 6.54 Å². The molecule has 1 aromatic heterocycles. The summed E-state index contributed by atoms with van der Waals surface area (Å²) in [5.74, 6) is -1.56. The van der Waals surface area contributed by atoms with Crippen LogP contribution >= 0.6 is 11.6 Å². The lowest BCUT2D eigenvalue weighted by Crippen LogP contribution is -3.13. The molecule has 0 atom stereocenters. The summed E-state index contributed by atoms with van der Waals surface area (Å²) >= 11 is 6.02. The van der Waals surface area contributed by atoms with Crippen molar-refractivity contribution in [1.82, 2.24) is 9.97 Å². The number of carbonyl (C=O) groups is 1. The van der Waals surface area contributed by atoms with Gasteiger partial charge in [0.25, 0.3) is 5.56 Å². The minimum absolute atomic E-state index is 0.0332. The SMILES string of the molecule is O=C([O-])c1[nH]c(=O)[nH]c(=O)c1C[NH+]1CCN(c2cccc(Cl)c2)CC1. The van der Waals surface area contributed by atoms with Crippen molar-refractivity contribution in [3.63, 3.8) is 0 Å². The van der Waals surface area contributed by atoms with Gasteiger partial charge in [0.1, 0.15) is 6.54 Å². The third-order valence-corrected chi connectivity index (χ3v) is 4.55. The zero-order chi connectivity index (χ0) is 18.0. The summed E-state index contributed by atoms with van der Waals surface area (Å²) in [5, 5.41) is 11.8. The summed E-state index contributed by atoms with van der Waals surface area (Å²) in [5.41, 5.74) is -0.922. The van der Waals surface area contributed by atoms with Crippen LogP contribution in [0.4, 0.5) is 5.69 Å². The van der Waals surface area contributed by atoms with Gasteiger partial charge in [-0.15, -0.1) is 0 Å². The van der Waals surface area contributed by atoms with E-state index in [1.54, 1.807) is 0 Å². The Labute approximate surface area is 147 Å². The third kappa shape index (κ3) is 3.92. The van der Waals surface area contributed by atoms with Crippen molar-refractivity contribution in [3.8, 4) is 0 Å². The maximum absolute atomic E-state index is 12.0. The number of H-pyrrole nitrogens is 2. The molecule has 1 aliphatic rings. The number of nitrogens with one attached hydrogen (secondary N) is 3. The number of carbonyl (C=O) groups excluding carboxylic acids is 1. The summed E-state index contributed by atoms with van der Waals surface area (Å²) in [6, 6.07) is 7.59. The lowest BCUT2D eigenvalue weighted by Gasteiger charge is -2.33. The van der Waals surface area contributed by atoms with Crippen molar-refractivity contribution in [1.29, 1.82) is 0 Å². The smallest absolute Gasteiger partial charge is 0.326 e. The van der Waals surface area contributed by atoms with Gasteiger partial charge in [0.2, 0.25) is 0 Å². The van der Waals surface area contributed by atoms with E-state index in [4.69, 9.17) is 11.6 Å². The quantitative estimate of drug-likeness (QED) is 0.580. The van der Waals surface area contributed by atoms with Gasteiger partial charge in [-0.05, 0) is 18.2 Å². The van der Waals surface area contributed by atoms with Gasteiger partial charge in [-0.2, -0.15) is 0 Å².